The molecule has 4 nitrogen and oxygen atoms in total. The first-order valence-corrected chi connectivity index (χ1v) is 8.17. The van der Waals surface area contributed by atoms with Crippen LogP contribution in [-0.2, 0) is 4.74 Å². The van der Waals surface area contributed by atoms with Crippen LogP contribution in [0.5, 0.6) is 0 Å². The first-order chi connectivity index (χ1) is 10.3. The van der Waals surface area contributed by atoms with Gasteiger partial charge in [-0.15, -0.1) is 0 Å². The third kappa shape index (κ3) is 2.64. The topological polar surface area (TPSA) is 37.4 Å². The minimum absolute atomic E-state index is 0.0716. The van der Waals surface area contributed by atoms with Crippen LogP contribution in [0.3, 0.4) is 0 Å². The highest BCUT2D eigenvalue weighted by Crippen LogP contribution is 2.46. The summed E-state index contributed by atoms with van der Waals surface area (Å²) in [6, 6.07) is 6.33. The Morgan fingerprint density at radius 2 is 2.19 bits per heavy atom. The van der Waals surface area contributed by atoms with E-state index in [1.165, 1.54) is 32.1 Å². The van der Waals surface area contributed by atoms with Gasteiger partial charge < -0.3 is 15.0 Å². The summed E-state index contributed by atoms with van der Waals surface area (Å²) < 4.78 is 5.28. The smallest absolute Gasteiger partial charge is 0.170 e. The number of ether oxygens (including phenoxy) is 1. The van der Waals surface area contributed by atoms with Crippen molar-refractivity contribution >= 4 is 17.3 Å². The number of methoxy groups -OCH3 is 1. The summed E-state index contributed by atoms with van der Waals surface area (Å²) in [5.41, 5.74) is 1.17. The Morgan fingerprint density at radius 3 is 2.86 bits per heavy atom. The molecule has 0 aromatic carbocycles. The highest BCUT2D eigenvalue weighted by atomic mass is 32.1. The summed E-state index contributed by atoms with van der Waals surface area (Å²) in [6.07, 6.45) is 8.06. The molecular formula is C16H23N3OS. The van der Waals surface area contributed by atoms with Gasteiger partial charge in [0.15, 0.2) is 5.11 Å². The maximum Gasteiger partial charge on any atom is 0.170 e. The molecule has 114 valence electrons. The van der Waals surface area contributed by atoms with Crippen molar-refractivity contribution in [2.45, 2.75) is 43.7 Å². The van der Waals surface area contributed by atoms with E-state index in [0.29, 0.717) is 6.61 Å². The Morgan fingerprint density at radius 1 is 1.38 bits per heavy atom. The van der Waals surface area contributed by atoms with Gasteiger partial charge in [0.05, 0.1) is 23.9 Å². The van der Waals surface area contributed by atoms with Crippen LogP contribution in [0.2, 0.25) is 0 Å². The van der Waals surface area contributed by atoms with Crippen LogP contribution >= 0.6 is 12.2 Å². The lowest BCUT2D eigenvalue weighted by Crippen LogP contribution is -2.50. The molecule has 0 amide bonds. The molecule has 21 heavy (non-hydrogen) atoms. The van der Waals surface area contributed by atoms with Crippen LogP contribution in [0.4, 0.5) is 0 Å². The molecule has 1 N–H and O–H groups in total. The molecule has 0 unspecified atom stereocenters. The average Bonchev–Trinajstić information content (AvgIpc) is 2.79. The molecule has 0 radical (unpaired) electrons. The normalized spacial score (nSPS) is 24.3. The third-order valence-electron chi connectivity index (χ3n) is 4.81. The van der Waals surface area contributed by atoms with E-state index in [4.69, 9.17) is 17.0 Å². The molecule has 5 heteroatoms. The van der Waals surface area contributed by atoms with Crippen LogP contribution in [-0.4, -0.2) is 40.8 Å². The first-order valence-electron chi connectivity index (χ1n) is 7.76. The predicted molar refractivity (Wildman–Crippen MR) is 87.1 cm³/mol. The summed E-state index contributed by atoms with van der Waals surface area (Å²) in [5, 5.41) is 4.38. The molecule has 1 spiro atoms. The fourth-order valence-electron chi connectivity index (χ4n) is 3.82. The number of nitrogens with one attached hydrogen (secondary N) is 1. The van der Waals surface area contributed by atoms with Gasteiger partial charge >= 0.3 is 0 Å². The Hall–Kier alpha value is -1.20. The third-order valence-corrected chi connectivity index (χ3v) is 5.15. The van der Waals surface area contributed by atoms with E-state index in [2.05, 4.69) is 27.3 Å². The van der Waals surface area contributed by atoms with E-state index in [-0.39, 0.29) is 11.6 Å². The van der Waals surface area contributed by atoms with Crippen molar-refractivity contribution in [3.8, 4) is 0 Å². The number of hydrogen-bond donors (Lipinski definition) is 1. The van der Waals surface area contributed by atoms with Gasteiger partial charge in [0.2, 0.25) is 0 Å². The molecule has 1 aliphatic heterocycles. The number of rotatable bonds is 4. The van der Waals surface area contributed by atoms with Crippen LogP contribution in [0, 0.1) is 0 Å². The molecule has 1 saturated carbocycles. The predicted octanol–water partition coefficient (Wildman–Crippen LogP) is 2.66. The lowest BCUT2D eigenvalue weighted by Gasteiger charge is -2.44. The maximum absolute atomic E-state index is 5.62. The fraction of sp³-hybridized carbons (Fsp3) is 0.625. The summed E-state index contributed by atoms with van der Waals surface area (Å²) in [7, 11) is 1.75. The van der Waals surface area contributed by atoms with E-state index in [9.17, 15) is 0 Å². The lowest BCUT2D eigenvalue weighted by atomic mass is 9.75. The largest absolute Gasteiger partial charge is 0.383 e. The van der Waals surface area contributed by atoms with Crippen molar-refractivity contribution < 1.29 is 4.74 Å². The molecule has 2 aliphatic rings. The molecule has 1 aliphatic carbocycles. The molecule has 2 heterocycles. The standard InChI is InChI=1S/C16H23N3OS/c1-20-12-11-19-15(21)18-14(13-7-3-6-10-17-13)16(19)8-4-2-5-9-16/h3,6-7,10,14H,2,4-5,8-9,11-12H2,1H3,(H,18,21)/t14-/m1/s1. The number of pyridine rings is 1. The number of hydrogen-bond acceptors (Lipinski definition) is 3. The van der Waals surface area contributed by atoms with Crippen molar-refractivity contribution in [2.24, 2.45) is 0 Å². The molecule has 1 aromatic rings. The van der Waals surface area contributed by atoms with Crippen molar-refractivity contribution in [1.82, 2.24) is 15.2 Å². The van der Waals surface area contributed by atoms with Crippen LogP contribution in [0.1, 0.15) is 43.8 Å². The van der Waals surface area contributed by atoms with Gasteiger partial charge in [0.1, 0.15) is 0 Å². The van der Waals surface area contributed by atoms with E-state index in [0.717, 1.165) is 17.4 Å². The van der Waals surface area contributed by atoms with Crippen LogP contribution in [0.25, 0.3) is 0 Å². The van der Waals surface area contributed by atoms with Gasteiger partial charge in [-0.05, 0) is 37.2 Å². The molecule has 1 atom stereocenters. The second kappa shape index (κ2) is 6.28. The van der Waals surface area contributed by atoms with Gasteiger partial charge in [-0.1, -0.05) is 25.3 Å². The Kier molecular flexibility index (Phi) is 4.40. The minimum atomic E-state index is 0.0716. The molecule has 1 aromatic heterocycles. The SMILES string of the molecule is COCCN1C(=S)N[C@H](c2ccccn2)C12CCCCC2. The van der Waals surface area contributed by atoms with Crippen molar-refractivity contribution in [3.63, 3.8) is 0 Å². The van der Waals surface area contributed by atoms with E-state index >= 15 is 0 Å². The molecular weight excluding hydrogens is 282 g/mol. The Bertz CT molecular complexity index is 488. The zero-order chi connectivity index (χ0) is 14.7. The second-order valence-electron chi connectivity index (χ2n) is 5.95. The Labute approximate surface area is 131 Å². The quantitative estimate of drug-likeness (QED) is 0.866. The van der Waals surface area contributed by atoms with Crippen LogP contribution < -0.4 is 5.32 Å². The van der Waals surface area contributed by atoms with E-state index in [1.54, 1.807) is 7.11 Å². The summed E-state index contributed by atoms with van der Waals surface area (Å²) >= 11 is 5.62. The fourth-order valence-corrected chi connectivity index (χ4v) is 4.21. The van der Waals surface area contributed by atoms with Gasteiger partial charge in [-0.2, -0.15) is 0 Å². The Balaban J connectivity index is 1.94. The minimum Gasteiger partial charge on any atom is -0.383 e. The highest BCUT2D eigenvalue weighted by molar-refractivity contribution is 7.80. The summed E-state index contributed by atoms with van der Waals surface area (Å²) in [4.78, 5) is 6.94. The van der Waals surface area contributed by atoms with Gasteiger partial charge in [0.25, 0.3) is 0 Å². The molecule has 2 fully saturated rings. The van der Waals surface area contributed by atoms with Crippen molar-refractivity contribution in [2.75, 3.05) is 20.3 Å². The van der Waals surface area contributed by atoms with Gasteiger partial charge in [-0.25, -0.2) is 0 Å². The average molecular weight is 305 g/mol. The van der Waals surface area contributed by atoms with Gasteiger partial charge in [0, 0.05) is 19.9 Å². The van der Waals surface area contributed by atoms with Gasteiger partial charge in [-0.3, -0.25) is 4.98 Å². The molecule has 1 saturated heterocycles. The maximum atomic E-state index is 5.62. The first kappa shape index (κ1) is 14.7. The summed E-state index contributed by atoms with van der Waals surface area (Å²) in [6.45, 7) is 1.56. The van der Waals surface area contributed by atoms with E-state index in [1.807, 2.05) is 12.3 Å². The zero-order valence-electron chi connectivity index (χ0n) is 12.5. The molecule has 0 bridgehead atoms. The number of nitrogens with zero attached hydrogens (tertiary/aromatic N) is 2. The van der Waals surface area contributed by atoms with Crippen molar-refractivity contribution in [3.05, 3.63) is 30.1 Å². The number of aromatic nitrogens is 1. The summed E-state index contributed by atoms with van der Waals surface area (Å²) in [5.74, 6) is 0. The van der Waals surface area contributed by atoms with E-state index < -0.39 is 0 Å². The van der Waals surface area contributed by atoms with Crippen LogP contribution in [0.15, 0.2) is 24.4 Å². The molecule has 3 rings (SSSR count). The second-order valence-corrected chi connectivity index (χ2v) is 6.33. The van der Waals surface area contributed by atoms with Crippen molar-refractivity contribution in [1.29, 1.82) is 0 Å². The highest BCUT2D eigenvalue weighted by Gasteiger charge is 2.51. The monoisotopic (exact) mass is 305 g/mol. The zero-order valence-corrected chi connectivity index (χ0v) is 13.4. The number of thiocarbonyl (C=S) groups is 1. The lowest BCUT2D eigenvalue weighted by molar-refractivity contribution is 0.0831.